The number of hydrogen-bond acceptors (Lipinski definition) is 2. The smallest absolute Gasteiger partial charge is 0.191 e. The molecule has 15 heavy (non-hydrogen) atoms. The molecule has 2 aliphatic carbocycles. The Bertz CT molecular complexity index is 269. The van der Waals surface area contributed by atoms with Crippen LogP contribution in [0.1, 0.15) is 19.3 Å². The molecule has 1 saturated heterocycles. The molecule has 0 aromatic heterocycles. The second-order valence-corrected chi connectivity index (χ2v) is 6.12. The molecule has 1 heterocycles. The molecule has 2 atom stereocenters. The van der Waals surface area contributed by atoms with Crippen molar-refractivity contribution in [3.63, 3.8) is 0 Å². The topological polar surface area (TPSA) is 41.6 Å². The van der Waals surface area contributed by atoms with Crippen LogP contribution in [-0.4, -0.2) is 41.5 Å². The molecule has 3 fully saturated rings. The summed E-state index contributed by atoms with van der Waals surface area (Å²) in [5.41, 5.74) is 6.04. The van der Waals surface area contributed by atoms with E-state index in [9.17, 15) is 0 Å². The third-order valence-corrected chi connectivity index (χ3v) is 4.61. The second kappa shape index (κ2) is 3.89. The van der Waals surface area contributed by atoms with Crippen molar-refractivity contribution in [1.82, 2.24) is 4.90 Å². The predicted octanol–water partition coefficient (Wildman–Crippen LogP) is 1.15. The Morgan fingerprint density at radius 3 is 2.67 bits per heavy atom. The van der Waals surface area contributed by atoms with E-state index < -0.39 is 0 Å². The lowest BCUT2D eigenvalue weighted by Gasteiger charge is -2.27. The highest BCUT2D eigenvalue weighted by Crippen LogP contribution is 2.51. The Labute approximate surface area is 95.5 Å². The number of guanidine groups is 1. The van der Waals surface area contributed by atoms with Gasteiger partial charge >= 0.3 is 0 Å². The minimum Gasteiger partial charge on any atom is -0.370 e. The molecule has 0 radical (unpaired) electrons. The standard InChI is InChI=1S/C11H19N3S/c12-11(14-3-5-15-6-4-14)13-10-7-9(10)8-1-2-8/h8-10H,1-7H2,(H2,12,13)/t9-,10+/m0/s1. The highest BCUT2D eigenvalue weighted by molar-refractivity contribution is 7.99. The maximum absolute atomic E-state index is 6.04. The zero-order valence-electron chi connectivity index (χ0n) is 9.06. The summed E-state index contributed by atoms with van der Waals surface area (Å²) in [7, 11) is 0. The van der Waals surface area contributed by atoms with Crippen LogP contribution < -0.4 is 5.73 Å². The molecule has 2 saturated carbocycles. The molecule has 2 N–H and O–H groups in total. The Morgan fingerprint density at radius 1 is 1.27 bits per heavy atom. The molecule has 3 nitrogen and oxygen atoms in total. The lowest BCUT2D eigenvalue weighted by molar-refractivity contribution is 0.454. The number of aliphatic imine (C=N–C) groups is 1. The van der Waals surface area contributed by atoms with Gasteiger partial charge < -0.3 is 10.6 Å². The average molecular weight is 225 g/mol. The predicted molar refractivity (Wildman–Crippen MR) is 65.1 cm³/mol. The fourth-order valence-corrected chi connectivity index (χ4v) is 3.33. The van der Waals surface area contributed by atoms with Gasteiger partial charge in [-0.25, -0.2) is 4.99 Å². The first-order valence-electron chi connectivity index (χ1n) is 6.00. The van der Waals surface area contributed by atoms with Crippen LogP contribution in [0.5, 0.6) is 0 Å². The van der Waals surface area contributed by atoms with E-state index in [-0.39, 0.29) is 0 Å². The molecule has 3 aliphatic rings. The first-order chi connectivity index (χ1) is 7.34. The third-order valence-electron chi connectivity index (χ3n) is 3.67. The lowest BCUT2D eigenvalue weighted by Crippen LogP contribution is -2.42. The van der Waals surface area contributed by atoms with Gasteiger partial charge in [-0.15, -0.1) is 0 Å². The number of hydrogen-bond donors (Lipinski definition) is 1. The summed E-state index contributed by atoms with van der Waals surface area (Å²) in [6.07, 6.45) is 4.18. The monoisotopic (exact) mass is 225 g/mol. The third kappa shape index (κ3) is 2.25. The number of nitrogens with zero attached hydrogens (tertiary/aromatic N) is 2. The molecule has 0 amide bonds. The van der Waals surface area contributed by atoms with Gasteiger partial charge in [-0.05, 0) is 31.1 Å². The van der Waals surface area contributed by atoms with E-state index in [4.69, 9.17) is 5.73 Å². The van der Waals surface area contributed by atoms with E-state index in [1.807, 2.05) is 11.8 Å². The van der Waals surface area contributed by atoms with E-state index in [1.54, 1.807) is 0 Å². The zero-order valence-corrected chi connectivity index (χ0v) is 9.88. The number of thioether (sulfide) groups is 1. The van der Waals surface area contributed by atoms with E-state index in [1.165, 1.54) is 30.8 Å². The van der Waals surface area contributed by atoms with Crippen molar-refractivity contribution < 1.29 is 0 Å². The number of nitrogens with two attached hydrogens (primary N) is 1. The van der Waals surface area contributed by atoms with E-state index in [0.717, 1.165) is 30.9 Å². The number of rotatable bonds is 2. The average Bonchev–Trinajstić information content (AvgIpc) is 3.12. The molecular formula is C11H19N3S. The van der Waals surface area contributed by atoms with Crippen LogP contribution in [-0.2, 0) is 0 Å². The van der Waals surface area contributed by atoms with Crippen molar-refractivity contribution in [2.75, 3.05) is 24.6 Å². The second-order valence-electron chi connectivity index (χ2n) is 4.89. The lowest BCUT2D eigenvalue weighted by atomic mass is 10.3. The fourth-order valence-electron chi connectivity index (χ4n) is 2.42. The highest BCUT2D eigenvalue weighted by atomic mass is 32.2. The normalized spacial score (nSPS) is 36.8. The quantitative estimate of drug-likeness (QED) is 0.566. The van der Waals surface area contributed by atoms with Gasteiger partial charge in [0.25, 0.3) is 0 Å². The molecule has 0 bridgehead atoms. The van der Waals surface area contributed by atoms with Crippen molar-refractivity contribution in [3.05, 3.63) is 0 Å². The van der Waals surface area contributed by atoms with Crippen LogP contribution in [0.2, 0.25) is 0 Å². The van der Waals surface area contributed by atoms with Crippen molar-refractivity contribution in [2.45, 2.75) is 25.3 Å². The van der Waals surface area contributed by atoms with Crippen LogP contribution in [0.4, 0.5) is 0 Å². The van der Waals surface area contributed by atoms with Crippen molar-refractivity contribution in [2.24, 2.45) is 22.6 Å². The van der Waals surface area contributed by atoms with E-state index in [0.29, 0.717) is 6.04 Å². The van der Waals surface area contributed by atoms with Crippen molar-refractivity contribution >= 4 is 17.7 Å². The summed E-state index contributed by atoms with van der Waals surface area (Å²) in [5.74, 6) is 5.11. The minimum atomic E-state index is 0.576. The van der Waals surface area contributed by atoms with Gasteiger partial charge in [-0.1, -0.05) is 0 Å². The van der Waals surface area contributed by atoms with Crippen LogP contribution in [0.3, 0.4) is 0 Å². The fraction of sp³-hybridized carbons (Fsp3) is 0.909. The summed E-state index contributed by atoms with van der Waals surface area (Å²) in [4.78, 5) is 6.91. The Hall–Kier alpha value is -0.380. The summed E-state index contributed by atoms with van der Waals surface area (Å²) in [6.45, 7) is 2.17. The van der Waals surface area contributed by atoms with Gasteiger partial charge in [-0.3, -0.25) is 0 Å². The summed E-state index contributed by atoms with van der Waals surface area (Å²) in [5, 5.41) is 0. The first-order valence-corrected chi connectivity index (χ1v) is 7.16. The molecule has 0 spiro atoms. The van der Waals surface area contributed by atoms with Crippen LogP contribution in [0, 0.1) is 11.8 Å². The molecule has 4 heteroatoms. The van der Waals surface area contributed by atoms with Gasteiger partial charge in [-0.2, -0.15) is 11.8 Å². The minimum absolute atomic E-state index is 0.576. The summed E-state index contributed by atoms with van der Waals surface area (Å²) < 4.78 is 0. The summed E-state index contributed by atoms with van der Waals surface area (Å²) >= 11 is 2.01. The molecule has 0 aromatic carbocycles. The molecule has 84 valence electrons. The van der Waals surface area contributed by atoms with Crippen LogP contribution >= 0.6 is 11.8 Å². The highest BCUT2D eigenvalue weighted by Gasteiger charge is 2.47. The Balaban J connectivity index is 1.54. The molecule has 1 aliphatic heterocycles. The van der Waals surface area contributed by atoms with Crippen LogP contribution in [0.15, 0.2) is 4.99 Å². The van der Waals surface area contributed by atoms with Gasteiger partial charge in [0.2, 0.25) is 0 Å². The van der Waals surface area contributed by atoms with E-state index >= 15 is 0 Å². The van der Waals surface area contributed by atoms with Gasteiger partial charge in [0, 0.05) is 24.6 Å². The largest absolute Gasteiger partial charge is 0.370 e. The SMILES string of the molecule is NC(=N[C@@H]1C[C@H]1C1CC1)N1CCSCC1. The maximum Gasteiger partial charge on any atom is 0.191 e. The van der Waals surface area contributed by atoms with E-state index in [2.05, 4.69) is 9.89 Å². The molecule has 3 rings (SSSR count). The molecular weight excluding hydrogens is 206 g/mol. The summed E-state index contributed by atoms with van der Waals surface area (Å²) in [6, 6.07) is 0.576. The maximum atomic E-state index is 6.04. The van der Waals surface area contributed by atoms with Gasteiger partial charge in [0.1, 0.15) is 0 Å². The molecule has 0 aromatic rings. The van der Waals surface area contributed by atoms with Crippen molar-refractivity contribution in [1.29, 1.82) is 0 Å². The molecule has 0 unspecified atom stereocenters. The first kappa shape index (κ1) is 9.82. The zero-order chi connectivity index (χ0) is 10.3. The van der Waals surface area contributed by atoms with Gasteiger partial charge in [0.15, 0.2) is 5.96 Å². The Morgan fingerprint density at radius 2 is 2.00 bits per heavy atom. The van der Waals surface area contributed by atoms with Crippen LogP contribution in [0.25, 0.3) is 0 Å². The van der Waals surface area contributed by atoms with Gasteiger partial charge in [0.05, 0.1) is 6.04 Å². The Kier molecular flexibility index (Phi) is 2.54. The van der Waals surface area contributed by atoms with Crippen molar-refractivity contribution in [3.8, 4) is 0 Å².